The minimum absolute atomic E-state index is 0.0836. The number of rotatable bonds is 10. The summed E-state index contributed by atoms with van der Waals surface area (Å²) in [5.74, 6) is 1.19. The first-order valence-corrected chi connectivity index (χ1v) is 10.9. The number of methoxy groups -OCH3 is 1. The third-order valence-electron chi connectivity index (χ3n) is 5.20. The van der Waals surface area contributed by atoms with Crippen LogP contribution >= 0.6 is 0 Å². The lowest BCUT2D eigenvalue weighted by Crippen LogP contribution is -2.24. The summed E-state index contributed by atoms with van der Waals surface area (Å²) < 4.78 is 12.9. The minimum atomic E-state index is -0.0836. The molecule has 1 aromatic heterocycles. The predicted molar refractivity (Wildman–Crippen MR) is 128 cm³/mol. The number of benzene rings is 3. The van der Waals surface area contributed by atoms with E-state index in [9.17, 15) is 4.79 Å². The van der Waals surface area contributed by atoms with Crippen LogP contribution < -0.4 is 14.8 Å². The molecule has 0 radical (unpaired) electrons. The van der Waals surface area contributed by atoms with Gasteiger partial charge >= 0.3 is 0 Å². The molecule has 0 aliphatic carbocycles. The lowest BCUT2D eigenvalue weighted by molar-refractivity contribution is -0.121. The van der Waals surface area contributed by atoms with E-state index in [1.54, 1.807) is 7.11 Å². The van der Waals surface area contributed by atoms with Crippen molar-refractivity contribution in [3.05, 3.63) is 102 Å². The largest absolute Gasteiger partial charge is 0.493 e. The fourth-order valence-corrected chi connectivity index (χ4v) is 3.56. The van der Waals surface area contributed by atoms with Crippen LogP contribution in [-0.2, 0) is 17.9 Å². The van der Waals surface area contributed by atoms with E-state index in [2.05, 4.69) is 17.4 Å². The third kappa shape index (κ3) is 6.01. The monoisotopic (exact) mass is 441 g/mol. The van der Waals surface area contributed by atoms with Gasteiger partial charge in [-0.2, -0.15) is 5.10 Å². The van der Waals surface area contributed by atoms with Gasteiger partial charge in [0.05, 0.1) is 32.4 Å². The van der Waals surface area contributed by atoms with Crippen molar-refractivity contribution in [3.8, 4) is 22.8 Å². The highest BCUT2D eigenvalue weighted by molar-refractivity contribution is 5.76. The first-order valence-electron chi connectivity index (χ1n) is 10.9. The first kappa shape index (κ1) is 22.1. The molecule has 1 heterocycles. The van der Waals surface area contributed by atoms with E-state index in [0.717, 1.165) is 16.8 Å². The van der Waals surface area contributed by atoms with Crippen molar-refractivity contribution < 1.29 is 14.3 Å². The average Bonchev–Trinajstić information content (AvgIpc) is 3.26. The summed E-state index contributed by atoms with van der Waals surface area (Å²) in [4.78, 5) is 12.5. The van der Waals surface area contributed by atoms with Gasteiger partial charge in [-0.3, -0.25) is 9.48 Å². The van der Waals surface area contributed by atoms with Crippen molar-refractivity contribution in [2.24, 2.45) is 0 Å². The highest BCUT2D eigenvalue weighted by Gasteiger charge is 2.13. The first-order chi connectivity index (χ1) is 16.2. The summed E-state index contributed by atoms with van der Waals surface area (Å²) in [5, 5.41) is 7.80. The van der Waals surface area contributed by atoms with Gasteiger partial charge in [-0.1, -0.05) is 72.8 Å². The van der Waals surface area contributed by atoms with Crippen molar-refractivity contribution in [3.63, 3.8) is 0 Å². The maximum absolute atomic E-state index is 12.5. The Morgan fingerprint density at radius 2 is 1.58 bits per heavy atom. The Labute approximate surface area is 193 Å². The Morgan fingerprint density at radius 1 is 0.909 bits per heavy atom. The molecule has 33 heavy (non-hydrogen) atoms. The van der Waals surface area contributed by atoms with Crippen molar-refractivity contribution in [2.75, 3.05) is 13.7 Å². The molecule has 0 aliphatic rings. The zero-order valence-electron chi connectivity index (χ0n) is 18.6. The molecule has 6 heteroatoms. The van der Waals surface area contributed by atoms with E-state index in [1.165, 1.54) is 5.56 Å². The van der Waals surface area contributed by atoms with E-state index in [-0.39, 0.29) is 18.9 Å². The Hall–Kier alpha value is -4.06. The Bertz CT molecular complexity index is 1170. The van der Waals surface area contributed by atoms with Crippen LogP contribution in [0.15, 0.2) is 91.1 Å². The molecule has 0 fully saturated rings. The molecule has 4 aromatic rings. The summed E-state index contributed by atoms with van der Waals surface area (Å²) >= 11 is 0. The number of para-hydroxylation sites is 2. The number of carbonyl (C=O) groups excluding carboxylic acids is 1. The standard InChI is InChI=1S/C27H27N3O3/c1-32-24-14-8-9-15-25(24)33-17-16-26(31)28-18-23-20-30(19-21-10-4-2-5-11-21)29-27(23)22-12-6-3-7-13-22/h2-15,20H,16-19H2,1H3,(H,28,31). The zero-order valence-corrected chi connectivity index (χ0v) is 18.6. The molecule has 4 rings (SSSR count). The fraction of sp³-hybridized carbons (Fsp3) is 0.185. The number of aromatic nitrogens is 2. The quantitative estimate of drug-likeness (QED) is 0.388. The van der Waals surface area contributed by atoms with Crippen LogP contribution in [0, 0.1) is 0 Å². The number of hydrogen-bond acceptors (Lipinski definition) is 4. The van der Waals surface area contributed by atoms with E-state index >= 15 is 0 Å². The van der Waals surface area contributed by atoms with Crippen molar-refractivity contribution in [2.45, 2.75) is 19.5 Å². The summed E-state index contributed by atoms with van der Waals surface area (Å²) in [5.41, 5.74) is 4.03. The Kier molecular flexibility index (Phi) is 7.38. The topological polar surface area (TPSA) is 65.4 Å². The van der Waals surface area contributed by atoms with Crippen LogP contribution in [0.5, 0.6) is 11.5 Å². The number of hydrogen-bond donors (Lipinski definition) is 1. The Balaban J connectivity index is 1.39. The summed E-state index contributed by atoms with van der Waals surface area (Å²) in [6.45, 7) is 1.33. The molecule has 1 amide bonds. The highest BCUT2D eigenvalue weighted by atomic mass is 16.5. The van der Waals surface area contributed by atoms with Crippen LogP contribution in [0.2, 0.25) is 0 Å². The predicted octanol–water partition coefficient (Wildman–Crippen LogP) is 4.69. The van der Waals surface area contributed by atoms with Gasteiger partial charge in [0.2, 0.25) is 5.91 Å². The SMILES string of the molecule is COc1ccccc1OCCC(=O)NCc1cn(Cc2ccccc2)nc1-c1ccccc1. The van der Waals surface area contributed by atoms with E-state index in [1.807, 2.05) is 83.7 Å². The van der Waals surface area contributed by atoms with Crippen LogP contribution in [0.25, 0.3) is 11.3 Å². The van der Waals surface area contributed by atoms with Gasteiger partial charge in [0.25, 0.3) is 0 Å². The molecule has 6 nitrogen and oxygen atoms in total. The molecule has 0 bridgehead atoms. The smallest absolute Gasteiger partial charge is 0.223 e. The van der Waals surface area contributed by atoms with E-state index < -0.39 is 0 Å². The number of carbonyl (C=O) groups is 1. The van der Waals surface area contributed by atoms with Crippen LogP contribution in [0.1, 0.15) is 17.5 Å². The van der Waals surface area contributed by atoms with Gasteiger partial charge in [-0.05, 0) is 17.7 Å². The Morgan fingerprint density at radius 3 is 2.30 bits per heavy atom. The molecule has 0 saturated heterocycles. The zero-order chi connectivity index (χ0) is 22.9. The second kappa shape index (κ2) is 11.0. The molecular formula is C27H27N3O3. The normalized spacial score (nSPS) is 10.6. The molecule has 3 aromatic carbocycles. The second-order valence-electron chi connectivity index (χ2n) is 7.58. The van der Waals surface area contributed by atoms with Crippen LogP contribution in [0.3, 0.4) is 0 Å². The number of ether oxygens (including phenoxy) is 2. The van der Waals surface area contributed by atoms with E-state index in [4.69, 9.17) is 14.6 Å². The van der Waals surface area contributed by atoms with Gasteiger partial charge in [-0.15, -0.1) is 0 Å². The molecule has 168 valence electrons. The lowest BCUT2D eigenvalue weighted by atomic mass is 10.1. The minimum Gasteiger partial charge on any atom is -0.493 e. The molecule has 0 unspecified atom stereocenters. The molecule has 0 aliphatic heterocycles. The molecule has 0 spiro atoms. The van der Waals surface area contributed by atoms with Gasteiger partial charge < -0.3 is 14.8 Å². The molecular weight excluding hydrogens is 414 g/mol. The van der Waals surface area contributed by atoms with Gasteiger partial charge in [0.1, 0.15) is 0 Å². The van der Waals surface area contributed by atoms with Gasteiger partial charge in [0, 0.05) is 23.9 Å². The maximum atomic E-state index is 12.5. The van der Waals surface area contributed by atoms with Crippen LogP contribution in [-0.4, -0.2) is 29.4 Å². The summed E-state index contributed by atoms with van der Waals surface area (Å²) in [6.07, 6.45) is 2.25. The number of amides is 1. The molecule has 0 atom stereocenters. The summed E-state index contributed by atoms with van der Waals surface area (Å²) in [6, 6.07) is 27.6. The van der Waals surface area contributed by atoms with Crippen LogP contribution in [0.4, 0.5) is 0 Å². The maximum Gasteiger partial charge on any atom is 0.223 e. The van der Waals surface area contributed by atoms with Gasteiger partial charge in [-0.25, -0.2) is 0 Å². The van der Waals surface area contributed by atoms with Gasteiger partial charge in [0.15, 0.2) is 11.5 Å². The third-order valence-corrected chi connectivity index (χ3v) is 5.20. The highest BCUT2D eigenvalue weighted by Crippen LogP contribution is 2.26. The summed E-state index contributed by atoms with van der Waals surface area (Å²) in [7, 11) is 1.59. The van der Waals surface area contributed by atoms with Crippen molar-refractivity contribution >= 4 is 5.91 Å². The van der Waals surface area contributed by atoms with E-state index in [0.29, 0.717) is 24.6 Å². The lowest BCUT2D eigenvalue weighted by Gasteiger charge is -2.10. The molecule has 1 N–H and O–H groups in total. The average molecular weight is 442 g/mol. The fourth-order valence-electron chi connectivity index (χ4n) is 3.56. The second-order valence-corrected chi connectivity index (χ2v) is 7.58. The number of nitrogens with one attached hydrogen (secondary N) is 1. The molecule has 0 saturated carbocycles. The van der Waals surface area contributed by atoms with Crippen molar-refractivity contribution in [1.82, 2.24) is 15.1 Å². The van der Waals surface area contributed by atoms with Crippen molar-refractivity contribution in [1.29, 1.82) is 0 Å². The number of nitrogens with zero attached hydrogens (tertiary/aromatic N) is 2.